The van der Waals surface area contributed by atoms with Crippen molar-refractivity contribution < 1.29 is 19.4 Å². The third-order valence-corrected chi connectivity index (χ3v) is 3.80. The Bertz CT molecular complexity index is 305. The number of ether oxygens (including phenoxy) is 2. The fraction of sp³-hybridized carbons (Fsp3) is 0.933. The van der Waals surface area contributed by atoms with E-state index in [1.54, 1.807) is 4.90 Å². The summed E-state index contributed by atoms with van der Waals surface area (Å²) in [5, 5.41) is 9.70. The maximum Gasteiger partial charge on any atom is 0.410 e. The zero-order valence-electron chi connectivity index (χ0n) is 13.4. The largest absolute Gasteiger partial charge is 0.444 e. The van der Waals surface area contributed by atoms with Gasteiger partial charge < -0.3 is 19.5 Å². The van der Waals surface area contributed by atoms with Crippen LogP contribution in [0.4, 0.5) is 4.79 Å². The van der Waals surface area contributed by atoms with E-state index in [1.165, 1.54) is 7.11 Å². The molecule has 0 radical (unpaired) electrons. The minimum atomic E-state index is -0.687. The van der Waals surface area contributed by atoms with Gasteiger partial charge in [0.25, 0.3) is 0 Å². The van der Waals surface area contributed by atoms with Gasteiger partial charge in [0.2, 0.25) is 0 Å². The van der Waals surface area contributed by atoms with Crippen molar-refractivity contribution in [3.05, 3.63) is 0 Å². The molecule has 1 N–H and O–H groups in total. The molecule has 0 aromatic rings. The van der Waals surface area contributed by atoms with Gasteiger partial charge in [0, 0.05) is 25.6 Å². The highest BCUT2D eigenvalue weighted by Crippen LogP contribution is 2.30. The van der Waals surface area contributed by atoms with Crippen LogP contribution in [0.5, 0.6) is 0 Å². The molecule has 1 atom stereocenters. The molecule has 5 heteroatoms. The normalized spacial score (nSPS) is 25.1. The molecule has 0 aliphatic heterocycles. The van der Waals surface area contributed by atoms with Crippen LogP contribution in [0.1, 0.15) is 53.4 Å². The molecule has 0 saturated heterocycles. The van der Waals surface area contributed by atoms with E-state index in [2.05, 4.69) is 0 Å². The third kappa shape index (κ3) is 4.94. The second-order valence-corrected chi connectivity index (χ2v) is 6.46. The Morgan fingerprint density at radius 3 is 2.25 bits per heavy atom. The van der Waals surface area contributed by atoms with Crippen LogP contribution in [-0.2, 0) is 9.47 Å². The summed E-state index contributed by atoms with van der Waals surface area (Å²) in [6, 6.07) is 0.204. The van der Waals surface area contributed by atoms with Gasteiger partial charge in [-0.15, -0.1) is 0 Å². The van der Waals surface area contributed by atoms with Crippen molar-refractivity contribution in [2.45, 2.75) is 71.3 Å². The van der Waals surface area contributed by atoms with Gasteiger partial charge in [-0.2, -0.15) is 0 Å². The van der Waals surface area contributed by atoms with Gasteiger partial charge in [0.1, 0.15) is 5.60 Å². The fourth-order valence-corrected chi connectivity index (χ4v) is 2.75. The summed E-state index contributed by atoms with van der Waals surface area (Å²) in [5.74, 6) is 0.175. The maximum atomic E-state index is 12.2. The lowest BCUT2D eigenvalue weighted by atomic mass is 9.85. The second kappa shape index (κ2) is 7.27. The minimum absolute atomic E-state index is 0.175. The van der Waals surface area contributed by atoms with Crippen molar-refractivity contribution in [3.63, 3.8) is 0 Å². The highest BCUT2D eigenvalue weighted by Gasteiger charge is 2.32. The molecule has 1 aliphatic carbocycles. The van der Waals surface area contributed by atoms with E-state index in [0.717, 1.165) is 25.7 Å². The van der Waals surface area contributed by atoms with Crippen molar-refractivity contribution in [2.75, 3.05) is 13.7 Å². The molecule has 1 unspecified atom stereocenters. The van der Waals surface area contributed by atoms with E-state index < -0.39 is 11.9 Å². The Balaban J connectivity index is 2.54. The van der Waals surface area contributed by atoms with Crippen LogP contribution < -0.4 is 0 Å². The number of aliphatic hydroxyl groups is 1. The lowest BCUT2D eigenvalue weighted by Crippen LogP contribution is -2.45. The number of nitrogens with zero attached hydrogens (tertiary/aromatic N) is 1. The van der Waals surface area contributed by atoms with Gasteiger partial charge in [0.15, 0.2) is 6.29 Å². The van der Waals surface area contributed by atoms with Crippen LogP contribution in [0.15, 0.2) is 0 Å². The van der Waals surface area contributed by atoms with Gasteiger partial charge in [0.05, 0.1) is 0 Å². The predicted molar refractivity (Wildman–Crippen MR) is 77.4 cm³/mol. The smallest absolute Gasteiger partial charge is 0.410 e. The lowest BCUT2D eigenvalue weighted by molar-refractivity contribution is -0.123. The SMILES string of the molecule is CCN(C(=O)OC(C)(C)C)[C@H]1CC[C@H](C(O)OC)CC1. The van der Waals surface area contributed by atoms with Crippen molar-refractivity contribution >= 4 is 6.09 Å². The molecule has 1 amide bonds. The first kappa shape index (κ1) is 17.2. The van der Waals surface area contributed by atoms with Gasteiger partial charge in [-0.3, -0.25) is 0 Å². The van der Waals surface area contributed by atoms with Crippen LogP contribution in [-0.4, -0.2) is 47.7 Å². The van der Waals surface area contributed by atoms with Gasteiger partial charge in [-0.05, 0) is 53.4 Å². The van der Waals surface area contributed by atoms with Crippen LogP contribution in [0.25, 0.3) is 0 Å². The van der Waals surface area contributed by atoms with E-state index >= 15 is 0 Å². The Labute approximate surface area is 122 Å². The van der Waals surface area contributed by atoms with Crippen LogP contribution in [0.3, 0.4) is 0 Å². The minimum Gasteiger partial charge on any atom is -0.444 e. The molecule has 0 bridgehead atoms. The third-order valence-electron chi connectivity index (χ3n) is 3.80. The van der Waals surface area contributed by atoms with E-state index in [0.29, 0.717) is 6.54 Å². The Morgan fingerprint density at radius 2 is 1.85 bits per heavy atom. The lowest BCUT2D eigenvalue weighted by Gasteiger charge is -2.37. The molecule has 20 heavy (non-hydrogen) atoms. The highest BCUT2D eigenvalue weighted by molar-refractivity contribution is 5.68. The number of rotatable bonds is 4. The Morgan fingerprint density at radius 1 is 1.30 bits per heavy atom. The summed E-state index contributed by atoms with van der Waals surface area (Å²) < 4.78 is 10.4. The van der Waals surface area contributed by atoms with Crippen LogP contribution in [0.2, 0.25) is 0 Å². The van der Waals surface area contributed by atoms with Crippen molar-refractivity contribution in [1.82, 2.24) is 4.90 Å². The zero-order valence-corrected chi connectivity index (χ0v) is 13.4. The monoisotopic (exact) mass is 287 g/mol. The van der Waals surface area contributed by atoms with Crippen LogP contribution in [0, 0.1) is 5.92 Å². The number of carbonyl (C=O) groups is 1. The molecule has 1 aliphatic rings. The first-order valence-electron chi connectivity index (χ1n) is 7.49. The standard InChI is InChI=1S/C15H29NO4/c1-6-16(14(18)20-15(2,3)4)12-9-7-11(8-10-12)13(17)19-5/h11-13,17H,6-10H2,1-5H3/t11-,12-,13?. The molecule has 0 aromatic heterocycles. The molecule has 5 nitrogen and oxygen atoms in total. The first-order chi connectivity index (χ1) is 9.28. The maximum absolute atomic E-state index is 12.2. The van der Waals surface area contributed by atoms with Gasteiger partial charge in [-0.1, -0.05) is 0 Å². The number of carbonyl (C=O) groups excluding carboxylic acids is 1. The Kier molecular flexibility index (Phi) is 6.27. The Hall–Kier alpha value is -0.810. The van der Waals surface area contributed by atoms with E-state index in [1.807, 2.05) is 27.7 Å². The average molecular weight is 287 g/mol. The summed E-state index contributed by atoms with van der Waals surface area (Å²) in [7, 11) is 1.52. The molecule has 1 fully saturated rings. The molecule has 1 rings (SSSR count). The van der Waals surface area contributed by atoms with Crippen molar-refractivity contribution in [3.8, 4) is 0 Å². The van der Waals surface area contributed by atoms with Gasteiger partial charge >= 0.3 is 6.09 Å². The molecule has 0 aromatic carbocycles. The molecule has 0 heterocycles. The summed E-state index contributed by atoms with van der Waals surface area (Å²) in [4.78, 5) is 14.0. The van der Waals surface area contributed by atoms with Crippen LogP contribution >= 0.6 is 0 Å². The topological polar surface area (TPSA) is 59.0 Å². The van der Waals surface area contributed by atoms with E-state index in [4.69, 9.17) is 9.47 Å². The predicted octanol–water partition coefficient (Wildman–Crippen LogP) is 2.77. The number of methoxy groups -OCH3 is 1. The molecule has 0 spiro atoms. The summed E-state index contributed by atoms with van der Waals surface area (Å²) in [5.41, 5.74) is -0.464. The van der Waals surface area contributed by atoms with E-state index in [-0.39, 0.29) is 18.1 Å². The van der Waals surface area contributed by atoms with Gasteiger partial charge in [-0.25, -0.2) is 4.79 Å². The van der Waals surface area contributed by atoms with Crippen molar-refractivity contribution in [2.24, 2.45) is 5.92 Å². The average Bonchev–Trinajstić information content (AvgIpc) is 2.37. The molecule has 118 valence electrons. The fourth-order valence-electron chi connectivity index (χ4n) is 2.75. The quantitative estimate of drug-likeness (QED) is 0.808. The molecule has 1 saturated carbocycles. The number of hydrogen-bond acceptors (Lipinski definition) is 4. The number of amides is 1. The zero-order chi connectivity index (χ0) is 15.3. The second-order valence-electron chi connectivity index (χ2n) is 6.46. The number of hydrogen-bond donors (Lipinski definition) is 1. The van der Waals surface area contributed by atoms with Crippen molar-refractivity contribution in [1.29, 1.82) is 0 Å². The first-order valence-corrected chi connectivity index (χ1v) is 7.49. The molecular formula is C15H29NO4. The summed E-state index contributed by atoms with van der Waals surface area (Å²) in [6.07, 6.45) is 2.59. The number of aliphatic hydroxyl groups excluding tert-OH is 1. The summed E-state index contributed by atoms with van der Waals surface area (Å²) >= 11 is 0. The van der Waals surface area contributed by atoms with E-state index in [9.17, 15) is 9.90 Å². The highest BCUT2D eigenvalue weighted by atomic mass is 16.6. The molecular weight excluding hydrogens is 258 g/mol. The summed E-state index contributed by atoms with van der Waals surface area (Å²) in [6.45, 7) is 8.26.